The Balaban J connectivity index is 1.32. The molecule has 0 atom stereocenters. The maximum absolute atomic E-state index is 15.2. The molecule has 2 aliphatic rings. The number of aliphatic imine (C=N–C) groups is 1. The van der Waals surface area contributed by atoms with Crippen molar-refractivity contribution in [2.24, 2.45) is 10.4 Å². The summed E-state index contributed by atoms with van der Waals surface area (Å²) in [4.78, 5) is 7.36. The number of nitrogens with zero attached hydrogens (tertiary/aromatic N) is 2. The maximum Gasteiger partial charge on any atom is 0.136 e. The third-order valence-electron chi connectivity index (χ3n) is 8.57. The third-order valence-corrected chi connectivity index (χ3v) is 8.57. The van der Waals surface area contributed by atoms with Crippen LogP contribution >= 0.6 is 0 Å². The number of hydrogen-bond donors (Lipinski definition) is 0. The zero-order chi connectivity index (χ0) is 28.7. The van der Waals surface area contributed by atoms with E-state index in [1.807, 2.05) is 25.1 Å². The van der Waals surface area contributed by atoms with Gasteiger partial charge in [-0.25, -0.2) is 13.2 Å². The number of halogens is 3. The molecule has 0 saturated carbocycles. The molecule has 0 unspecified atom stereocenters. The van der Waals surface area contributed by atoms with Gasteiger partial charge in [-0.2, -0.15) is 0 Å². The zero-order valence-corrected chi connectivity index (χ0v) is 24.1. The van der Waals surface area contributed by atoms with Gasteiger partial charge in [-0.15, -0.1) is 0 Å². The van der Waals surface area contributed by atoms with Crippen LogP contribution in [0.5, 0.6) is 0 Å². The maximum atomic E-state index is 15.2. The average molecular weight is 545 g/mol. The molecule has 0 bridgehead atoms. The predicted molar refractivity (Wildman–Crippen MR) is 160 cm³/mol. The first kappa shape index (κ1) is 28.4. The summed E-state index contributed by atoms with van der Waals surface area (Å²) in [6.45, 7) is 14.0. The van der Waals surface area contributed by atoms with E-state index in [4.69, 9.17) is 4.99 Å². The smallest absolute Gasteiger partial charge is 0.136 e. The Bertz CT molecular complexity index is 1440. The standard InChI is InChI=1S/C35H39F3N2/c1-23(2)26-7-9-27(10-8-26)32-20-35(22-39-32)14-16-40(17-15-35)21-28-18-25(19-34(4,5)38)6-11-29(28)30-12-13-31(36)24(3)33(30)37/h6-13,18H,1,14-17,19-22H2,2-5H3. The van der Waals surface area contributed by atoms with Crippen molar-refractivity contribution in [3.05, 3.63) is 101 Å². The number of benzene rings is 3. The number of rotatable bonds is 7. The zero-order valence-electron chi connectivity index (χ0n) is 24.1. The lowest BCUT2D eigenvalue weighted by molar-refractivity contribution is 0.116. The second-order valence-corrected chi connectivity index (χ2v) is 12.5. The van der Waals surface area contributed by atoms with Gasteiger partial charge >= 0.3 is 0 Å². The first-order valence-corrected chi connectivity index (χ1v) is 14.2. The van der Waals surface area contributed by atoms with E-state index in [-0.39, 0.29) is 17.4 Å². The molecule has 1 spiro atoms. The fourth-order valence-corrected chi connectivity index (χ4v) is 6.14. The van der Waals surface area contributed by atoms with Gasteiger partial charge < -0.3 is 0 Å². The molecule has 40 heavy (non-hydrogen) atoms. The Kier molecular flexibility index (Phi) is 7.80. The Morgan fingerprint density at radius 2 is 1.68 bits per heavy atom. The monoisotopic (exact) mass is 544 g/mol. The number of piperidine rings is 1. The van der Waals surface area contributed by atoms with E-state index in [9.17, 15) is 8.78 Å². The molecule has 2 heterocycles. The molecule has 0 N–H and O–H groups in total. The van der Waals surface area contributed by atoms with Crippen LogP contribution in [0.4, 0.5) is 13.2 Å². The molecule has 3 aromatic carbocycles. The van der Waals surface area contributed by atoms with E-state index < -0.39 is 17.3 Å². The van der Waals surface area contributed by atoms with Crippen molar-refractivity contribution in [1.82, 2.24) is 4.90 Å². The van der Waals surface area contributed by atoms with E-state index in [2.05, 4.69) is 35.7 Å². The van der Waals surface area contributed by atoms with E-state index >= 15 is 4.39 Å². The molecule has 0 aromatic heterocycles. The van der Waals surface area contributed by atoms with E-state index in [1.54, 1.807) is 13.8 Å². The van der Waals surface area contributed by atoms with Gasteiger partial charge in [0.1, 0.15) is 17.3 Å². The molecular formula is C35H39F3N2. The van der Waals surface area contributed by atoms with Gasteiger partial charge in [0.25, 0.3) is 0 Å². The molecule has 2 nitrogen and oxygen atoms in total. The minimum atomic E-state index is -1.35. The Labute approximate surface area is 236 Å². The number of alkyl halides is 1. The van der Waals surface area contributed by atoms with Crippen molar-refractivity contribution < 1.29 is 13.2 Å². The van der Waals surface area contributed by atoms with Gasteiger partial charge in [-0.3, -0.25) is 9.89 Å². The van der Waals surface area contributed by atoms with Crippen LogP contribution in [0, 0.1) is 24.0 Å². The Morgan fingerprint density at radius 1 is 1.00 bits per heavy atom. The summed E-state index contributed by atoms with van der Waals surface area (Å²) in [6.07, 6.45) is 3.35. The molecule has 0 amide bonds. The summed E-state index contributed by atoms with van der Waals surface area (Å²) in [5.74, 6) is -1.09. The van der Waals surface area contributed by atoms with Gasteiger partial charge in [0.05, 0.1) is 0 Å². The van der Waals surface area contributed by atoms with E-state index in [0.717, 1.165) is 66.7 Å². The highest BCUT2D eigenvalue weighted by atomic mass is 19.1. The average Bonchev–Trinajstić information content (AvgIpc) is 3.32. The van der Waals surface area contributed by atoms with Gasteiger partial charge in [0.15, 0.2) is 0 Å². The molecule has 0 aliphatic carbocycles. The Morgan fingerprint density at radius 3 is 2.33 bits per heavy atom. The lowest BCUT2D eigenvalue weighted by Crippen LogP contribution is -2.40. The summed E-state index contributed by atoms with van der Waals surface area (Å²) >= 11 is 0. The van der Waals surface area contributed by atoms with Crippen molar-refractivity contribution in [3.63, 3.8) is 0 Å². The van der Waals surface area contributed by atoms with Gasteiger partial charge in [-0.1, -0.05) is 54.6 Å². The SMILES string of the molecule is C=C(C)c1ccc(C2=NCC3(CCN(Cc4cc(CC(C)(C)F)ccc4-c4ccc(F)c(C)c4F)CC3)C2)cc1. The largest absolute Gasteiger partial charge is 0.299 e. The number of hydrogen-bond acceptors (Lipinski definition) is 2. The first-order chi connectivity index (χ1) is 18.9. The summed E-state index contributed by atoms with van der Waals surface area (Å²) < 4.78 is 43.7. The van der Waals surface area contributed by atoms with Gasteiger partial charge in [0, 0.05) is 36.3 Å². The first-order valence-electron chi connectivity index (χ1n) is 14.2. The molecule has 2 aliphatic heterocycles. The van der Waals surface area contributed by atoms with Crippen molar-refractivity contribution in [2.45, 2.75) is 65.6 Å². The molecular weight excluding hydrogens is 505 g/mol. The third kappa shape index (κ3) is 6.10. The highest BCUT2D eigenvalue weighted by Crippen LogP contribution is 2.41. The number of likely N-dealkylation sites (tertiary alicyclic amines) is 1. The second-order valence-electron chi connectivity index (χ2n) is 12.5. The topological polar surface area (TPSA) is 15.6 Å². The summed E-state index contributed by atoms with van der Waals surface area (Å²) in [6, 6.07) is 17.1. The van der Waals surface area contributed by atoms with Gasteiger partial charge in [-0.05, 0) is 105 Å². The van der Waals surface area contributed by atoms with Crippen LogP contribution < -0.4 is 0 Å². The molecule has 1 saturated heterocycles. The molecule has 0 radical (unpaired) electrons. The molecule has 5 rings (SSSR count). The Hall–Kier alpha value is -3.18. The highest BCUT2D eigenvalue weighted by molar-refractivity contribution is 6.02. The molecule has 210 valence electrons. The summed E-state index contributed by atoms with van der Waals surface area (Å²) in [7, 11) is 0. The molecule has 3 aromatic rings. The van der Waals surface area contributed by atoms with Crippen molar-refractivity contribution in [1.29, 1.82) is 0 Å². The predicted octanol–water partition coefficient (Wildman–Crippen LogP) is 8.74. The summed E-state index contributed by atoms with van der Waals surface area (Å²) in [5.41, 5.74) is 6.40. The normalized spacial score (nSPS) is 17.3. The van der Waals surface area contributed by atoms with Crippen molar-refractivity contribution in [2.75, 3.05) is 19.6 Å². The second kappa shape index (κ2) is 11.0. The van der Waals surface area contributed by atoms with E-state index in [1.165, 1.54) is 30.3 Å². The lowest BCUT2D eigenvalue weighted by Gasteiger charge is -2.39. The quantitative estimate of drug-likeness (QED) is 0.290. The molecule has 5 heteroatoms. The molecule has 1 fully saturated rings. The van der Waals surface area contributed by atoms with Crippen molar-refractivity contribution in [3.8, 4) is 11.1 Å². The van der Waals surface area contributed by atoms with Crippen LogP contribution in [-0.2, 0) is 13.0 Å². The summed E-state index contributed by atoms with van der Waals surface area (Å²) in [5, 5.41) is 0. The van der Waals surface area contributed by atoms with Crippen LogP contribution in [0.15, 0.2) is 66.2 Å². The van der Waals surface area contributed by atoms with Crippen LogP contribution in [0.25, 0.3) is 16.7 Å². The minimum absolute atomic E-state index is 0.0173. The fraction of sp³-hybridized carbons (Fsp3) is 0.400. The van der Waals surface area contributed by atoms with Crippen LogP contribution in [0.3, 0.4) is 0 Å². The van der Waals surface area contributed by atoms with Crippen LogP contribution in [0.1, 0.15) is 67.9 Å². The fourth-order valence-electron chi connectivity index (χ4n) is 6.14. The van der Waals surface area contributed by atoms with Crippen LogP contribution in [-0.4, -0.2) is 35.9 Å². The van der Waals surface area contributed by atoms with Crippen molar-refractivity contribution >= 4 is 11.3 Å². The van der Waals surface area contributed by atoms with Gasteiger partial charge in [0.2, 0.25) is 0 Å². The highest BCUT2D eigenvalue weighted by Gasteiger charge is 2.39. The minimum Gasteiger partial charge on any atom is -0.299 e. The van der Waals surface area contributed by atoms with Crippen LogP contribution in [0.2, 0.25) is 0 Å². The van der Waals surface area contributed by atoms with E-state index in [0.29, 0.717) is 12.1 Å². The number of allylic oxidation sites excluding steroid dienone is 1. The lowest BCUT2D eigenvalue weighted by atomic mass is 9.75.